The molecule has 0 radical (unpaired) electrons. The van der Waals surface area contributed by atoms with Crippen LogP contribution >= 0.6 is 0 Å². The van der Waals surface area contributed by atoms with Gasteiger partial charge in [-0.05, 0) is 61.1 Å². The van der Waals surface area contributed by atoms with Crippen LogP contribution in [0.4, 0.5) is 4.39 Å². The number of likely N-dealkylation sites (tertiary alicyclic amines) is 1. The van der Waals surface area contributed by atoms with Crippen molar-refractivity contribution >= 4 is 10.9 Å². The van der Waals surface area contributed by atoms with Crippen LogP contribution in [0.25, 0.3) is 10.9 Å². The highest BCUT2D eigenvalue weighted by molar-refractivity contribution is 5.86. The topological polar surface area (TPSA) is 28.4 Å². The monoisotopic (exact) mass is 390 g/mol. The number of benzene rings is 2. The zero-order valence-electron chi connectivity index (χ0n) is 16.9. The molecule has 0 bridgehead atoms. The number of rotatable bonds is 3. The molecule has 0 amide bonds. The van der Waals surface area contributed by atoms with Crippen molar-refractivity contribution in [2.45, 2.75) is 24.7 Å². The summed E-state index contributed by atoms with van der Waals surface area (Å²) >= 11 is 0. The zero-order chi connectivity index (χ0) is 20.2. The SMILES string of the molecule is C=CCN1CCC2(c3cccc(O)c3)Cc3c(c4cccc(F)c4n3C)CC2C1. The third-order valence-corrected chi connectivity index (χ3v) is 7.28. The first-order chi connectivity index (χ1) is 14.0. The fourth-order valence-corrected chi connectivity index (χ4v) is 5.87. The van der Waals surface area contributed by atoms with E-state index in [1.807, 2.05) is 31.3 Å². The number of nitrogens with zero attached hydrogens (tertiary/aromatic N) is 2. The highest BCUT2D eigenvalue weighted by Gasteiger charge is 2.48. The Balaban J connectivity index is 1.69. The second kappa shape index (κ2) is 6.74. The number of para-hydroxylation sites is 1. The summed E-state index contributed by atoms with van der Waals surface area (Å²) in [4.78, 5) is 2.47. The van der Waals surface area contributed by atoms with Crippen molar-refractivity contribution in [1.82, 2.24) is 9.47 Å². The van der Waals surface area contributed by atoms with Crippen molar-refractivity contribution in [1.29, 1.82) is 0 Å². The molecule has 3 nitrogen and oxygen atoms in total. The van der Waals surface area contributed by atoms with Gasteiger partial charge in [0.25, 0.3) is 0 Å². The van der Waals surface area contributed by atoms with Gasteiger partial charge in [0.2, 0.25) is 0 Å². The summed E-state index contributed by atoms with van der Waals surface area (Å²) in [5.74, 6) is 0.583. The van der Waals surface area contributed by atoms with E-state index in [2.05, 4.69) is 28.2 Å². The number of aromatic hydroxyl groups is 1. The van der Waals surface area contributed by atoms with E-state index in [9.17, 15) is 9.50 Å². The van der Waals surface area contributed by atoms with Gasteiger partial charge in [-0.1, -0.05) is 30.3 Å². The van der Waals surface area contributed by atoms with Crippen LogP contribution in [0.3, 0.4) is 0 Å². The maximum atomic E-state index is 14.7. The minimum atomic E-state index is -0.151. The first-order valence-corrected chi connectivity index (χ1v) is 10.4. The summed E-state index contributed by atoms with van der Waals surface area (Å²) in [6.45, 7) is 6.81. The number of halogens is 1. The van der Waals surface area contributed by atoms with Crippen LogP contribution in [0, 0.1) is 11.7 Å². The van der Waals surface area contributed by atoms with Crippen LogP contribution in [0.1, 0.15) is 23.2 Å². The molecule has 1 saturated heterocycles. The van der Waals surface area contributed by atoms with Crippen molar-refractivity contribution in [3.8, 4) is 5.75 Å². The van der Waals surface area contributed by atoms with Crippen molar-refractivity contribution in [2.75, 3.05) is 19.6 Å². The highest BCUT2D eigenvalue weighted by Crippen LogP contribution is 2.50. The lowest BCUT2D eigenvalue weighted by Crippen LogP contribution is -2.53. The smallest absolute Gasteiger partial charge is 0.147 e. The Morgan fingerprint density at radius 1 is 1.28 bits per heavy atom. The standard InChI is InChI=1S/C25H27FN2O/c1-3-11-28-12-10-25(17-6-4-7-19(29)13-17)15-23-21(14-18(25)16-28)20-8-5-9-22(26)24(20)27(23)2/h3-9,13,18,29H,1,10-12,14-16H2,2H3. The second-order valence-corrected chi connectivity index (χ2v) is 8.70. The van der Waals surface area contributed by atoms with Gasteiger partial charge in [0, 0.05) is 36.6 Å². The lowest BCUT2D eigenvalue weighted by atomic mass is 9.58. The minimum absolute atomic E-state index is 0.0397. The van der Waals surface area contributed by atoms with Crippen LogP contribution in [0.2, 0.25) is 0 Å². The zero-order valence-corrected chi connectivity index (χ0v) is 16.9. The average molecular weight is 391 g/mol. The minimum Gasteiger partial charge on any atom is -0.508 e. The fraction of sp³-hybridized carbons (Fsp3) is 0.360. The van der Waals surface area contributed by atoms with Crippen LogP contribution in [0.5, 0.6) is 5.75 Å². The maximum absolute atomic E-state index is 14.7. The molecule has 2 atom stereocenters. The summed E-state index contributed by atoms with van der Waals surface area (Å²) in [6, 6.07) is 13.2. The average Bonchev–Trinajstić information content (AvgIpc) is 2.99. The molecule has 2 aliphatic rings. The molecule has 1 aromatic heterocycles. The molecule has 29 heavy (non-hydrogen) atoms. The highest BCUT2D eigenvalue weighted by atomic mass is 19.1. The molecule has 1 N–H and O–H groups in total. The Bertz CT molecular complexity index is 1100. The van der Waals surface area contributed by atoms with Crippen LogP contribution in [-0.4, -0.2) is 34.2 Å². The molecule has 0 saturated carbocycles. The molecule has 5 rings (SSSR count). The Hall–Kier alpha value is -2.59. The van der Waals surface area contributed by atoms with E-state index in [0.29, 0.717) is 17.2 Å². The van der Waals surface area contributed by atoms with Crippen molar-refractivity contribution in [2.24, 2.45) is 13.0 Å². The number of aryl methyl sites for hydroxylation is 1. The first-order valence-electron chi connectivity index (χ1n) is 10.4. The Morgan fingerprint density at radius 2 is 2.10 bits per heavy atom. The summed E-state index contributed by atoms with van der Waals surface area (Å²) in [5.41, 5.74) is 4.41. The van der Waals surface area contributed by atoms with Crippen LogP contribution < -0.4 is 0 Å². The van der Waals surface area contributed by atoms with E-state index in [0.717, 1.165) is 44.3 Å². The molecule has 3 aromatic rings. The maximum Gasteiger partial charge on any atom is 0.147 e. The molecule has 2 unspecified atom stereocenters. The summed E-state index contributed by atoms with van der Waals surface area (Å²) in [6.07, 6.45) is 4.81. The quantitative estimate of drug-likeness (QED) is 0.664. The molecule has 4 heteroatoms. The van der Waals surface area contributed by atoms with E-state index < -0.39 is 0 Å². The third kappa shape index (κ3) is 2.73. The summed E-state index contributed by atoms with van der Waals surface area (Å²) in [7, 11) is 1.99. The van der Waals surface area contributed by atoms with Gasteiger partial charge in [0.15, 0.2) is 0 Å². The van der Waals surface area contributed by atoms with E-state index in [-0.39, 0.29) is 11.2 Å². The summed E-state index contributed by atoms with van der Waals surface area (Å²) in [5, 5.41) is 11.2. The van der Waals surface area contributed by atoms with Gasteiger partial charge < -0.3 is 9.67 Å². The van der Waals surface area contributed by atoms with Crippen LogP contribution in [0.15, 0.2) is 55.1 Å². The van der Waals surface area contributed by atoms with E-state index in [1.165, 1.54) is 16.8 Å². The van der Waals surface area contributed by atoms with Gasteiger partial charge in [0.05, 0.1) is 5.52 Å². The normalized spacial score (nSPS) is 24.3. The molecular weight excluding hydrogens is 363 g/mol. The number of piperidine rings is 1. The van der Waals surface area contributed by atoms with Gasteiger partial charge in [-0.3, -0.25) is 4.90 Å². The summed E-state index contributed by atoms with van der Waals surface area (Å²) < 4.78 is 16.7. The van der Waals surface area contributed by atoms with Gasteiger partial charge in [-0.15, -0.1) is 6.58 Å². The first kappa shape index (κ1) is 18.4. The molecule has 2 aromatic carbocycles. The van der Waals surface area contributed by atoms with Crippen molar-refractivity contribution < 1.29 is 9.50 Å². The fourth-order valence-electron chi connectivity index (χ4n) is 5.87. The number of aromatic nitrogens is 1. The molecule has 1 aliphatic carbocycles. The number of fused-ring (bicyclic) bond motifs is 4. The molecule has 1 aliphatic heterocycles. The molecule has 150 valence electrons. The predicted molar refractivity (Wildman–Crippen MR) is 115 cm³/mol. The van der Waals surface area contributed by atoms with Crippen molar-refractivity contribution in [3.05, 3.63) is 77.8 Å². The van der Waals surface area contributed by atoms with Gasteiger partial charge in [0.1, 0.15) is 11.6 Å². The van der Waals surface area contributed by atoms with Crippen molar-refractivity contribution in [3.63, 3.8) is 0 Å². The lowest BCUT2D eigenvalue weighted by Gasteiger charge is -2.51. The predicted octanol–water partition coefficient (Wildman–Crippen LogP) is 4.57. The molecule has 0 spiro atoms. The Labute approximate surface area is 171 Å². The molecule has 2 heterocycles. The van der Waals surface area contributed by atoms with E-state index in [4.69, 9.17) is 0 Å². The molecular formula is C25H27FN2O. The lowest BCUT2D eigenvalue weighted by molar-refractivity contribution is 0.0888. The number of hydrogen-bond donors (Lipinski definition) is 1. The third-order valence-electron chi connectivity index (χ3n) is 7.28. The van der Waals surface area contributed by atoms with Crippen LogP contribution in [-0.2, 0) is 25.3 Å². The molecule has 1 fully saturated rings. The number of phenolic OH excluding ortho intramolecular Hbond substituents is 1. The van der Waals surface area contributed by atoms with E-state index in [1.54, 1.807) is 12.1 Å². The second-order valence-electron chi connectivity index (χ2n) is 8.70. The van der Waals surface area contributed by atoms with Gasteiger partial charge in [-0.25, -0.2) is 4.39 Å². The van der Waals surface area contributed by atoms with Gasteiger partial charge >= 0.3 is 0 Å². The van der Waals surface area contributed by atoms with Gasteiger partial charge in [-0.2, -0.15) is 0 Å². The largest absolute Gasteiger partial charge is 0.508 e. The van der Waals surface area contributed by atoms with E-state index >= 15 is 0 Å². The number of hydrogen-bond acceptors (Lipinski definition) is 2. The Kier molecular flexibility index (Phi) is 4.28. The number of phenols is 1. The Morgan fingerprint density at radius 3 is 2.90 bits per heavy atom.